The average Bonchev–Trinajstić information content (AvgIpc) is 2.76. The molecule has 0 radical (unpaired) electrons. The predicted molar refractivity (Wildman–Crippen MR) is 52.1 cm³/mol. The number of aromatic nitrogens is 2. The van der Waals surface area contributed by atoms with Gasteiger partial charge in [0, 0.05) is 19.6 Å². The standard InChI is InChI=1S/C8H11ClN2OS/c9-4-8-11-10-7(13-8)3-6-1-2-12-5-6/h6H,1-5H2. The van der Waals surface area contributed by atoms with Crippen LogP contribution < -0.4 is 0 Å². The topological polar surface area (TPSA) is 35.0 Å². The molecule has 5 heteroatoms. The van der Waals surface area contributed by atoms with E-state index in [2.05, 4.69) is 10.2 Å². The van der Waals surface area contributed by atoms with Gasteiger partial charge in [-0.15, -0.1) is 33.1 Å². The lowest BCUT2D eigenvalue weighted by molar-refractivity contribution is 0.186. The zero-order valence-electron chi connectivity index (χ0n) is 7.20. The Morgan fingerprint density at radius 3 is 2.92 bits per heavy atom. The maximum absolute atomic E-state index is 5.64. The minimum absolute atomic E-state index is 0.471. The number of hydrogen-bond donors (Lipinski definition) is 0. The first kappa shape index (κ1) is 9.37. The molecule has 1 aliphatic heterocycles. The van der Waals surface area contributed by atoms with Crippen molar-refractivity contribution in [3.05, 3.63) is 10.0 Å². The van der Waals surface area contributed by atoms with E-state index >= 15 is 0 Å². The van der Waals surface area contributed by atoms with Crippen molar-refractivity contribution >= 4 is 22.9 Å². The Kier molecular flexibility index (Phi) is 3.14. The molecule has 1 unspecified atom stereocenters. The number of ether oxygens (including phenoxy) is 1. The van der Waals surface area contributed by atoms with E-state index in [0.717, 1.165) is 36.1 Å². The van der Waals surface area contributed by atoms with Gasteiger partial charge in [0.15, 0.2) is 0 Å². The average molecular weight is 219 g/mol. The summed E-state index contributed by atoms with van der Waals surface area (Å²) in [6.07, 6.45) is 2.14. The van der Waals surface area contributed by atoms with Crippen LogP contribution in [0.4, 0.5) is 0 Å². The van der Waals surface area contributed by atoms with Crippen molar-refractivity contribution in [2.75, 3.05) is 13.2 Å². The highest BCUT2D eigenvalue weighted by molar-refractivity contribution is 7.11. The second kappa shape index (κ2) is 4.35. The third kappa shape index (κ3) is 2.39. The molecule has 0 spiro atoms. The number of rotatable bonds is 3. The maximum atomic E-state index is 5.64. The normalized spacial score (nSPS) is 22.4. The molecule has 2 rings (SSSR count). The Labute approximate surface area is 86.1 Å². The van der Waals surface area contributed by atoms with Crippen molar-refractivity contribution in [3.8, 4) is 0 Å². The number of halogens is 1. The zero-order chi connectivity index (χ0) is 9.10. The number of nitrogens with zero attached hydrogens (tertiary/aromatic N) is 2. The summed E-state index contributed by atoms with van der Waals surface area (Å²) in [5.74, 6) is 1.11. The van der Waals surface area contributed by atoms with Crippen LogP contribution in [-0.4, -0.2) is 23.4 Å². The minimum atomic E-state index is 0.471. The lowest BCUT2D eigenvalue weighted by Gasteiger charge is -2.01. The second-order valence-electron chi connectivity index (χ2n) is 3.16. The fourth-order valence-electron chi connectivity index (χ4n) is 1.42. The highest BCUT2D eigenvalue weighted by Gasteiger charge is 2.17. The molecule has 0 N–H and O–H groups in total. The van der Waals surface area contributed by atoms with Crippen LogP contribution in [0.1, 0.15) is 16.4 Å². The molecule has 0 aromatic carbocycles. The monoisotopic (exact) mass is 218 g/mol. The summed E-state index contributed by atoms with van der Waals surface area (Å²) in [6, 6.07) is 0. The van der Waals surface area contributed by atoms with Gasteiger partial charge in [0.05, 0.1) is 5.88 Å². The molecular formula is C8H11ClN2OS. The molecular weight excluding hydrogens is 208 g/mol. The van der Waals surface area contributed by atoms with E-state index < -0.39 is 0 Å². The van der Waals surface area contributed by atoms with Crippen LogP contribution in [-0.2, 0) is 17.0 Å². The molecule has 1 atom stereocenters. The summed E-state index contributed by atoms with van der Waals surface area (Å²) in [5, 5.41) is 10.1. The lowest BCUT2D eigenvalue weighted by atomic mass is 10.1. The van der Waals surface area contributed by atoms with Gasteiger partial charge in [-0.25, -0.2) is 0 Å². The van der Waals surface area contributed by atoms with Crippen LogP contribution in [0.5, 0.6) is 0 Å². The van der Waals surface area contributed by atoms with Crippen LogP contribution in [0.25, 0.3) is 0 Å². The molecule has 0 saturated carbocycles. The zero-order valence-corrected chi connectivity index (χ0v) is 8.77. The van der Waals surface area contributed by atoms with E-state index in [9.17, 15) is 0 Å². The molecule has 1 saturated heterocycles. The highest BCUT2D eigenvalue weighted by atomic mass is 35.5. The van der Waals surface area contributed by atoms with Gasteiger partial charge >= 0.3 is 0 Å². The Balaban J connectivity index is 1.92. The molecule has 1 aliphatic rings. The van der Waals surface area contributed by atoms with Gasteiger partial charge in [0.1, 0.15) is 10.0 Å². The van der Waals surface area contributed by atoms with Crippen molar-refractivity contribution in [1.82, 2.24) is 10.2 Å². The minimum Gasteiger partial charge on any atom is -0.381 e. The fraction of sp³-hybridized carbons (Fsp3) is 0.750. The Morgan fingerprint density at radius 1 is 1.46 bits per heavy atom. The molecule has 0 amide bonds. The van der Waals surface area contributed by atoms with Gasteiger partial charge in [0.25, 0.3) is 0 Å². The molecule has 1 aromatic rings. The second-order valence-corrected chi connectivity index (χ2v) is 4.57. The first-order valence-corrected chi connectivity index (χ1v) is 5.68. The third-order valence-electron chi connectivity index (χ3n) is 2.11. The van der Waals surface area contributed by atoms with Crippen LogP contribution in [0.3, 0.4) is 0 Å². The molecule has 13 heavy (non-hydrogen) atoms. The summed E-state index contributed by atoms with van der Waals surface area (Å²) in [7, 11) is 0. The summed E-state index contributed by atoms with van der Waals surface area (Å²) >= 11 is 7.25. The SMILES string of the molecule is ClCc1nnc(CC2CCOC2)s1. The van der Waals surface area contributed by atoms with Crippen molar-refractivity contribution in [2.24, 2.45) is 5.92 Å². The van der Waals surface area contributed by atoms with Gasteiger partial charge in [-0.2, -0.15) is 0 Å². The fourth-order valence-corrected chi connectivity index (χ4v) is 2.44. The van der Waals surface area contributed by atoms with Crippen LogP contribution >= 0.6 is 22.9 Å². The van der Waals surface area contributed by atoms with Crippen molar-refractivity contribution in [3.63, 3.8) is 0 Å². The van der Waals surface area contributed by atoms with Gasteiger partial charge in [0.2, 0.25) is 0 Å². The Morgan fingerprint density at radius 2 is 2.31 bits per heavy atom. The predicted octanol–water partition coefficient (Wildman–Crippen LogP) is 1.86. The number of hydrogen-bond acceptors (Lipinski definition) is 4. The van der Waals surface area contributed by atoms with E-state index in [-0.39, 0.29) is 0 Å². The quantitative estimate of drug-likeness (QED) is 0.727. The van der Waals surface area contributed by atoms with E-state index in [0.29, 0.717) is 11.8 Å². The van der Waals surface area contributed by atoms with Gasteiger partial charge < -0.3 is 4.74 Å². The van der Waals surface area contributed by atoms with E-state index in [1.54, 1.807) is 11.3 Å². The summed E-state index contributed by atoms with van der Waals surface area (Å²) in [5.41, 5.74) is 0. The maximum Gasteiger partial charge on any atom is 0.132 e. The third-order valence-corrected chi connectivity index (χ3v) is 3.47. The summed E-state index contributed by atoms with van der Waals surface area (Å²) in [6.45, 7) is 1.77. The van der Waals surface area contributed by atoms with E-state index in [1.165, 1.54) is 0 Å². The Hall–Kier alpha value is -0.190. The molecule has 72 valence electrons. The van der Waals surface area contributed by atoms with E-state index in [4.69, 9.17) is 16.3 Å². The van der Waals surface area contributed by atoms with Crippen LogP contribution in [0, 0.1) is 5.92 Å². The van der Waals surface area contributed by atoms with Gasteiger partial charge in [-0.1, -0.05) is 0 Å². The first-order valence-electron chi connectivity index (χ1n) is 4.33. The molecule has 1 aromatic heterocycles. The van der Waals surface area contributed by atoms with E-state index in [1.807, 2.05) is 0 Å². The summed E-state index contributed by atoms with van der Waals surface area (Å²) in [4.78, 5) is 0. The van der Waals surface area contributed by atoms with Crippen molar-refractivity contribution < 1.29 is 4.74 Å². The van der Waals surface area contributed by atoms with Gasteiger partial charge in [-0.3, -0.25) is 0 Å². The lowest BCUT2D eigenvalue weighted by Crippen LogP contribution is -2.02. The molecule has 2 heterocycles. The number of alkyl halides is 1. The summed E-state index contributed by atoms with van der Waals surface area (Å²) < 4.78 is 5.29. The Bertz CT molecular complexity index is 273. The molecule has 3 nitrogen and oxygen atoms in total. The molecule has 1 fully saturated rings. The largest absolute Gasteiger partial charge is 0.381 e. The smallest absolute Gasteiger partial charge is 0.132 e. The van der Waals surface area contributed by atoms with Crippen LogP contribution in [0.15, 0.2) is 0 Å². The molecule has 0 bridgehead atoms. The highest BCUT2D eigenvalue weighted by Crippen LogP contribution is 2.20. The van der Waals surface area contributed by atoms with Crippen molar-refractivity contribution in [2.45, 2.75) is 18.7 Å². The first-order chi connectivity index (χ1) is 6.38. The van der Waals surface area contributed by atoms with Crippen molar-refractivity contribution in [1.29, 1.82) is 0 Å². The van der Waals surface area contributed by atoms with Crippen LogP contribution in [0.2, 0.25) is 0 Å². The van der Waals surface area contributed by atoms with Gasteiger partial charge in [-0.05, 0) is 12.3 Å². The molecule has 0 aliphatic carbocycles.